The van der Waals surface area contributed by atoms with Gasteiger partial charge in [-0.2, -0.15) is 0 Å². The monoisotopic (exact) mass is 213 g/mol. The maximum Gasteiger partial charge on any atom is 0.101 e. The van der Waals surface area contributed by atoms with Crippen molar-refractivity contribution in [2.24, 2.45) is 5.41 Å². The van der Waals surface area contributed by atoms with Crippen molar-refractivity contribution in [1.29, 1.82) is 0 Å². The number of hydrogen-bond donors (Lipinski definition) is 0. The Morgan fingerprint density at radius 1 is 1.43 bits per heavy atom. The maximum absolute atomic E-state index is 12.1. The summed E-state index contributed by atoms with van der Waals surface area (Å²) in [6.07, 6.45) is 7.78. The van der Waals surface area contributed by atoms with Crippen molar-refractivity contribution < 1.29 is 4.21 Å². The van der Waals surface area contributed by atoms with Gasteiger partial charge in [0.05, 0.1) is 5.25 Å². The maximum atomic E-state index is 12.1. The van der Waals surface area contributed by atoms with Gasteiger partial charge in [-0.25, -0.2) is 8.51 Å². The summed E-state index contributed by atoms with van der Waals surface area (Å²) in [6, 6.07) is 0. The van der Waals surface area contributed by atoms with Gasteiger partial charge in [0.1, 0.15) is 11.0 Å². The van der Waals surface area contributed by atoms with Gasteiger partial charge in [0.2, 0.25) is 0 Å². The number of nitrogens with zero attached hydrogens (tertiary/aromatic N) is 1. The average Bonchev–Trinajstić information content (AvgIpc) is 2.14. The Bertz CT molecular complexity index is 264. The molecule has 0 bridgehead atoms. The van der Waals surface area contributed by atoms with Crippen LogP contribution in [0.25, 0.3) is 0 Å². The lowest BCUT2D eigenvalue weighted by molar-refractivity contribution is 0.117. The molecule has 1 saturated heterocycles. The molecule has 14 heavy (non-hydrogen) atoms. The Balaban J connectivity index is 1.90. The van der Waals surface area contributed by atoms with Crippen LogP contribution in [0.1, 0.15) is 33.1 Å². The zero-order valence-corrected chi connectivity index (χ0v) is 9.85. The zero-order chi connectivity index (χ0) is 10.2. The SMILES string of the molecule is CC1(C)CN(S(=O)C2C=CCCC2)C1. The van der Waals surface area contributed by atoms with E-state index in [1.165, 1.54) is 12.8 Å². The second-order valence-electron chi connectivity index (χ2n) is 5.14. The lowest BCUT2D eigenvalue weighted by atomic mass is 9.87. The predicted octanol–water partition coefficient (Wildman–Crippen LogP) is 2.10. The van der Waals surface area contributed by atoms with E-state index in [1.54, 1.807) is 0 Å². The van der Waals surface area contributed by atoms with E-state index in [0.717, 1.165) is 19.5 Å². The third-order valence-corrected chi connectivity index (χ3v) is 4.61. The van der Waals surface area contributed by atoms with Crippen LogP contribution in [0.4, 0.5) is 0 Å². The van der Waals surface area contributed by atoms with Gasteiger partial charge in [0.15, 0.2) is 0 Å². The fourth-order valence-corrected chi connectivity index (χ4v) is 4.13. The van der Waals surface area contributed by atoms with Crippen LogP contribution < -0.4 is 0 Å². The van der Waals surface area contributed by atoms with Gasteiger partial charge in [0.25, 0.3) is 0 Å². The third kappa shape index (κ3) is 2.09. The molecule has 0 aromatic heterocycles. The number of rotatable bonds is 2. The van der Waals surface area contributed by atoms with E-state index >= 15 is 0 Å². The summed E-state index contributed by atoms with van der Waals surface area (Å²) in [5.74, 6) is 0. The van der Waals surface area contributed by atoms with Gasteiger partial charge in [0, 0.05) is 13.1 Å². The Kier molecular flexibility index (Phi) is 2.80. The standard InChI is InChI=1S/C11H19NOS/c1-11(2)8-12(9-11)14(13)10-6-4-3-5-7-10/h4,6,10H,3,5,7-9H2,1-2H3. The van der Waals surface area contributed by atoms with Crippen LogP contribution in [0.2, 0.25) is 0 Å². The van der Waals surface area contributed by atoms with Gasteiger partial charge < -0.3 is 0 Å². The highest BCUT2D eigenvalue weighted by Crippen LogP contribution is 2.32. The molecule has 0 radical (unpaired) electrons. The van der Waals surface area contributed by atoms with Gasteiger partial charge in [-0.1, -0.05) is 26.0 Å². The fraction of sp³-hybridized carbons (Fsp3) is 0.818. The fourth-order valence-electron chi connectivity index (χ4n) is 2.18. The molecule has 2 unspecified atom stereocenters. The molecular weight excluding hydrogens is 194 g/mol. The van der Waals surface area contributed by atoms with Crippen molar-refractivity contribution >= 4 is 11.0 Å². The van der Waals surface area contributed by atoms with E-state index in [2.05, 4.69) is 30.3 Å². The molecule has 2 aliphatic rings. The largest absolute Gasteiger partial charge is 0.242 e. The molecule has 0 aromatic carbocycles. The minimum Gasteiger partial charge on any atom is -0.242 e. The van der Waals surface area contributed by atoms with Crippen molar-refractivity contribution in [3.8, 4) is 0 Å². The summed E-state index contributed by atoms with van der Waals surface area (Å²) < 4.78 is 14.2. The quantitative estimate of drug-likeness (QED) is 0.643. The second-order valence-corrected chi connectivity index (χ2v) is 6.81. The van der Waals surface area contributed by atoms with Crippen LogP contribution in [0, 0.1) is 5.41 Å². The molecular formula is C11H19NOS. The first-order chi connectivity index (χ1) is 6.58. The summed E-state index contributed by atoms with van der Waals surface area (Å²) in [5.41, 5.74) is 0.383. The van der Waals surface area contributed by atoms with E-state index in [0.29, 0.717) is 10.7 Å². The molecule has 0 N–H and O–H groups in total. The number of allylic oxidation sites excluding steroid dienone is 1. The molecule has 2 nitrogen and oxygen atoms in total. The molecule has 3 heteroatoms. The van der Waals surface area contributed by atoms with Crippen LogP contribution in [0.15, 0.2) is 12.2 Å². The van der Waals surface area contributed by atoms with E-state index in [4.69, 9.17) is 0 Å². The van der Waals surface area contributed by atoms with Gasteiger partial charge in [-0.15, -0.1) is 0 Å². The van der Waals surface area contributed by atoms with Crippen LogP contribution in [0.5, 0.6) is 0 Å². The highest BCUT2D eigenvalue weighted by Gasteiger charge is 2.39. The summed E-state index contributed by atoms with van der Waals surface area (Å²) in [6.45, 7) is 6.45. The summed E-state index contributed by atoms with van der Waals surface area (Å²) in [4.78, 5) is 0. The van der Waals surface area contributed by atoms with Crippen molar-refractivity contribution in [3.63, 3.8) is 0 Å². The Labute approximate surface area is 89.0 Å². The predicted molar refractivity (Wildman–Crippen MR) is 60.3 cm³/mol. The average molecular weight is 213 g/mol. The van der Waals surface area contributed by atoms with Crippen molar-refractivity contribution in [2.45, 2.75) is 38.4 Å². The van der Waals surface area contributed by atoms with Crippen LogP contribution in [-0.4, -0.2) is 26.9 Å². The van der Waals surface area contributed by atoms with E-state index in [9.17, 15) is 4.21 Å². The molecule has 2 rings (SSSR count). The van der Waals surface area contributed by atoms with E-state index in [1.807, 2.05) is 0 Å². The number of hydrogen-bond acceptors (Lipinski definition) is 1. The molecule has 1 aliphatic heterocycles. The van der Waals surface area contributed by atoms with Gasteiger partial charge in [-0.05, 0) is 24.7 Å². The lowest BCUT2D eigenvalue weighted by Gasteiger charge is -2.45. The molecule has 0 amide bonds. The molecule has 80 valence electrons. The Hall–Kier alpha value is -0.150. The molecule has 0 spiro atoms. The molecule has 1 heterocycles. The van der Waals surface area contributed by atoms with E-state index in [-0.39, 0.29) is 0 Å². The van der Waals surface area contributed by atoms with Crippen molar-refractivity contribution in [1.82, 2.24) is 4.31 Å². The first kappa shape index (κ1) is 10.4. The molecule has 1 fully saturated rings. The van der Waals surface area contributed by atoms with Crippen LogP contribution >= 0.6 is 0 Å². The highest BCUT2D eigenvalue weighted by molar-refractivity contribution is 7.83. The van der Waals surface area contributed by atoms with Crippen molar-refractivity contribution in [2.75, 3.05) is 13.1 Å². The highest BCUT2D eigenvalue weighted by atomic mass is 32.2. The van der Waals surface area contributed by atoms with E-state index < -0.39 is 11.0 Å². The summed E-state index contributed by atoms with van der Waals surface area (Å²) >= 11 is 0. The second kappa shape index (κ2) is 3.78. The first-order valence-corrected chi connectivity index (χ1v) is 6.58. The van der Waals surface area contributed by atoms with Gasteiger partial charge in [-0.3, -0.25) is 0 Å². The molecule has 0 aromatic rings. The zero-order valence-electron chi connectivity index (χ0n) is 9.03. The van der Waals surface area contributed by atoms with Gasteiger partial charge >= 0.3 is 0 Å². The lowest BCUT2D eigenvalue weighted by Crippen LogP contribution is -2.55. The topological polar surface area (TPSA) is 20.3 Å². The minimum atomic E-state index is -0.764. The minimum absolute atomic E-state index is 0.292. The molecule has 0 saturated carbocycles. The van der Waals surface area contributed by atoms with Crippen molar-refractivity contribution in [3.05, 3.63) is 12.2 Å². The molecule has 2 atom stereocenters. The third-order valence-electron chi connectivity index (χ3n) is 2.93. The first-order valence-electron chi connectivity index (χ1n) is 5.41. The summed E-state index contributed by atoms with van der Waals surface area (Å²) in [7, 11) is -0.764. The smallest absolute Gasteiger partial charge is 0.101 e. The Morgan fingerprint density at radius 3 is 2.64 bits per heavy atom. The molecule has 1 aliphatic carbocycles. The summed E-state index contributed by atoms with van der Waals surface area (Å²) in [5, 5.41) is 0.292. The normalized spacial score (nSPS) is 33.7. The Morgan fingerprint density at radius 2 is 2.14 bits per heavy atom. The van der Waals surface area contributed by atoms with Crippen LogP contribution in [0.3, 0.4) is 0 Å². The van der Waals surface area contributed by atoms with Crippen LogP contribution in [-0.2, 0) is 11.0 Å².